The number of carboxylic acids is 1. The van der Waals surface area contributed by atoms with Gasteiger partial charge >= 0.3 is 18.0 Å². The maximum Gasteiger partial charge on any atom is 0.407 e. The van der Waals surface area contributed by atoms with Crippen LogP contribution < -0.4 is 5.32 Å². The van der Waals surface area contributed by atoms with Crippen LogP contribution in [0.1, 0.15) is 31.2 Å². The van der Waals surface area contributed by atoms with E-state index in [-0.39, 0.29) is 38.6 Å². The first-order valence-corrected chi connectivity index (χ1v) is 12.8. The van der Waals surface area contributed by atoms with Crippen molar-refractivity contribution in [1.82, 2.24) is 5.32 Å². The number of alkyl carbamates (subject to hydrolysis) is 1. The van der Waals surface area contributed by atoms with Crippen LogP contribution in [0.15, 0.2) is 30.3 Å². The normalized spacial score (nSPS) is 10.7. The third-order valence-electron chi connectivity index (χ3n) is 4.73. The molecule has 0 aliphatic heterocycles. The van der Waals surface area contributed by atoms with Crippen LogP contribution in [0.3, 0.4) is 0 Å². The number of benzene rings is 1. The van der Waals surface area contributed by atoms with Crippen LogP contribution in [0.4, 0.5) is 4.79 Å². The molecule has 1 amide bonds. The second-order valence-electron chi connectivity index (χ2n) is 7.87. The molecule has 38 heavy (non-hydrogen) atoms. The highest BCUT2D eigenvalue weighted by Gasteiger charge is 2.04. The van der Waals surface area contributed by atoms with Crippen molar-refractivity contribution in [3.8, 4) is 0 Å². The average molecular weight is 544 g/mol. The van der Waals surface area contributed by atoms with Crippen LogP contribution in [0.25, 0.3) is 0 Å². The Kier molecular flexibility index (Phi) is 21.5. The number of hydrogen-bond donors (Lipinski definition) is 2. The van der Waals surface area contributed by atoms with Gasteiger partial charge in [-0.1, -0.05) is 30.3 Å². The summed E-state index contributed by atoms with van der Waals surface area (Å²) in [5.74, 6) is -1.22. The Bertz CT molecular complexity index is 733. The van der Waals surface area contributed by atoms with Crippen LogP contribution in [0.5, 0.6) is 0 Å². The van der Waals surface area contributed by atoms with Gasteiger partial charge in [-0.2, -0.15) is 0 Å². The van der Waals surface area contributed by atoms with Gasteiger partial charge in [0.25, 0.3) is 0 Å². The third-order valence-corrected chi connectivity index (χ3v) is 4.73. The molecule has 216 valence electrons. The Labute approximate surface area is 223 Å². The molecule has 0 aliphatic rings. The molecule has 0 fully saturated rings. The molecule has 0 radical (unpaired) electrons. The summed E-state index contributed by atoms with van der Waals surface area (Å²) < 4.78 is 37.0. The molecular weight excluding hydrogens is 502 g/mol. The summed E-state index contributed by atoms with van der Waals surface area (Å²) in [7, 11) is 0. The summed E-state index contributed by atoms with van der Waals surface area (Å²) in [6, 6.07) is 9.45. The van der Waals surface area contributed by atoms with Gasteiger partial charge in [-0.15, -0.1) is 0 Å². The topological polar surface area (TPSA) is 148 Å². The van der Waals surface area contributed by atoms with Gasteiger partial charge in [-0.05, 0) is 18.4 Å². The van der Waals surface area contributed by atoms with E-state index in [0.29, 0.717) is 78.8 Å². The average Bonchev–Trinajstić information content (AvgIpc) is 2.91. The van der Waals surface area contributed by atoms with Crippen LogP contribution in [0, 0.1) is 0 Å². The number of esters is 1. The van der Waals surface area contributed by atoms with Crippen molar-refractivity contribution >= 4 is 18.0 Å². The fourth-order valence-electron chi connectivity index (χ4n) is 2.81. The predicted octanol–water partition coefficient (Wildman–Crippen LogP) is 2.18. The fraction of sp³-hybridized carbons (Fsp3) is 0.654. The van der Waals surface area contributed by atoms with Crippen LogP contribution in [-0.4, -0.2) is 102 Å². The van der Waals surface area contributed by atoms with Gasteiger partial charge in [0.2, 0.25) is 0 Å². The summed E-state index contributed by atoms with van der Waals surface area (Å²) in [6.07, 6.45) is 0.743. The van der Waals surface area contributed by atoms with E-state index in [0.717, 1.165) is 5.56 Å². The minimum atomic E-state index is -0.866. The fourth-order valence-corrected chi connectivity index (χ4v) is 2.81. The first kappa shape index (κ1) is 33.3. The number of hydrogen-bond acceptors (Lipinski definition) is 10. The van der Waals surface area contributed by atoms with Crippen molar-refractivity contribution in [2.24, 2.45) is 0 Å². The van der Waals surface area contributed by atoms with Crippen LogP contribution >= 0.6 is 0 Å². The van der Waals surface area contributed by atoms with E-state index in [1.54, 1.807) is 0 Å². The maximum atomic E-state index is 11.6. The summed E-state index contributed by atoms with van der Waals surface area (Å²) in [5, 5.41) is 11.1. The number of aliphatic carboxylic acids is 1. The lowest BCUT2D eigenvalue weighted by molar-refractivity contribution is -0.146. The molecule has 0 atom stereocenters. The minimum absolute atomic E-state index is 0.0579. The molecule has 1 aromatic carbocycles. The molecule has 12 nitrogen and oxygen atoms in total. The second kappa shape index (κ2) is 24.6. The molecule has 0 spiro atoms. The molecule has 12 heteroatoms. The van der Waals surface area contributed by atoms with Crippen LogP contribution in [-0.2, 0) is 49.4 Å². The maximum absolute atomic E-state index is 11.6. The van der Waals surface area contributed by atoms with Crippen molar-refractivity contribution < 1.29 is 52.6 Å². The first-order valence-electron chi connectivity index (χ1n) is 12.8. The first-order chi connectivity index (χ1) is 18.6. The van der Waals surface area contributed by atoms with E-state index in [4.69, 9.17) is 38.3 Å². The monoisotopic (exact) mass is 543 g/mol. The number of nitrogens with one attached hydrogen (secondary N) is 1. The number of carbonyl (C=O) groups is 3. The highest BCUT2D eigenvalue weighted by Crippen LogP contribution is 2.02. The van der Waals surface area contributed by atoms with Gasteiger partial charge in [0.05, 0.1) is 66.1 Å². The molecular formula is C26H41NO11. The van der Waals surface area contributed by atoms with E-state index in [1.807, 2.05) is 30.3 Å². The number of amides is 1. The van der Waals surface area contributed by atoms with Gasteiger partial charge in [-0.25, -0.2) is 4.79 Å². The SMILES string of the molecule is O=C(O)CCCCC(=O)OCCOCCOCCOCCOCCOCCNC(=O)OCc1ccccc1. The second-order valence-corrected chi connectivity index (χ2v) is 7.87. The van der Waals surface area contributed by atoms with E-state index in [2.05, 4.69) is 5.32 Å². The molecule has 0 heterocycles. The lowest BCUT2D eigenvalue weighted by Crippen LogP contribution is -2.28. The quantitative estimate of drug-likeness (QED) is 0.138. The van der Waals surface area contributed by atoms with Crippen molar-refractivity contribution in [3.63, 3.8) is 0 Å². The molecule has 0 unspecified atom stereocenters. The zero-order valence-electron chi connectivity index (χ0n) is 21.9. The molecule has 2 N–H and O–H groups in total. The van der Waals surface area contributed by atoms with Crippen LogP contribution in [0.2, 0.25) is 0 Å². The lowest BCUT2D eigenvalue weighted by Gasteiger charge is -2.09. The Morgan fingerprint density at radius 1 is 0.632 bits per heavy atom. The molecule has 0 bridgehead atoms. The highest BCUT2D eigenvalue weighted by atomic mass is 16.6. The molecule has 0 saturated carbocycles. The van der Waals surface area contributed by atoms with Gasteiger partial charge < -0.3 is 43.6 Å². The lowest BCUT2D eigenvalue weighted by atomic mass is 10.2. The summed E-state index contributed by atoms with van der Waals surface area (Å²) in [4.78, 5) is 33.4. The summed E-state index contributed by atoms with van der Waals surface area (Å²) >= 11 is 0. The molecule has 1 aromatic rings. The highest BCUT2D eigenvalue weighted by molar-refractivity contribution is 5.69. The van der Waals surface area contributed by atoms with Gasteiger partial charge in [0, 0.05) is 19.4 Å². The van der Waals surface area contributed by atoms with Crippen molar-refractivity contribution in [3.05, 3.63) is 35.9 Å². The number of ether oxygens (including phenoxy) is 7. The standard InChI is InChI=1S/C26H41NO11/c28-24(29)8-4-5-9-25(30)37-21-20-36-19-18-35-17-16-34-15-14-33-13-12-32-11-10-27-26(31)38-22-23-6-2-1-3-7-23/h1-3,6-7H,4-5,8-22H2,(H,27,31)(H,28,29). The zero-order chi connectivity index (χ0) is 27.5. The van der Waals surface area contributed by atoms with Gasteiger partial charge in [-0.3, -0.25) is 9.59 Å². The number of carbonyl (C=O) groups excluding carboxylic acids is 2. The van der Waals surface area contributed by atoms with Crippen molar-refractivity contribution in [2.75, 3.05) is 79.2 Å². The van der Waals surface area contributed by atoms with E-state index < -0.39 is 12.1 Å². The number of rotatable bonds is 25. The minimum Gasteiger partial charge on any atom is -0.481 e. The van der Waals surface area contributed by atoms with Crippen molar-refractivity contribution in [1.29, 1.82) is 0 Å². The summed E-state index contributed by atoms with van der Waals surface area (Å²) in [6.45, 7) is 4.75. The number of carboxylic acid groups (broad SMARTS) is 1. The summed E-state index contributed by atoms with van der Waals surface area (Å²) in [5.41, 5.74) is 0.928. The Balaban J connectivity index is 1.72. The van der Waals surface area contributed by atoms with Crippen molar-refractivity contribution in [2.45, 2.75) is 32.3 Å². The van der Waals surface area contributed by atoms with E-state index in [1.165, 1.54) is 0 Å². The Hall–Kier alpha value is -2.77. The predicted molar refractivity (Wildman–Crippen MR) is 136 cm³/mol. The smallest absolute Gasteiger partial charge is 0.407 e. The molecule has 1 rings (SSSR count). The molecule has 0 aromatic heterocycles. The molecule has 0 aliphatic carbocycles. The zero-order valence-corrected chi connectivity index (χ0v) is 21.9. The Morgan fingerprint density at radius 3 is 1.68 bits per heavy atom. The van der Waals surface area contributed by atoms with E-state index >= 15 is 0 Å². The third kappa shape index (κ3) is 22.4. The number of unbranched alkanes of at least 4 members (excludes halogenated alkanes) is 1. The Morgan fingerprint density at radius 2 is 1.13 bits per heavy atom. The van der Waals surface area contributed by atoms with E-state index in [9.17, 15) is 14.4 Å². The largest absolute Gasteiger partial charge is 0.481 e. The van der Waals surface area contributed by atoms with Gasteiger partial charge in [0.15, 0.2) is 0 Å². The van der Waals surface area contributed by atoms with Gasteiger partial charge in [0.1, 0.15) is 13.2 Å². The molecule has 0 saturated heterocycles.